The van der Waals surface area contributed by atoms with Crippen LogP contribution in [0.4, 0.5) is 11.4 Å². The molecule has 108 valence electrons. The van der Waals surface area contributed by atoms with E-state index < -0.39 is 0 Å². The zero-order valence-corrected chi connectivity index (χ0v) is 12.1. The van der Waals surface area contributed by atoms with Crippen molar-refractivity contribution >= 4 is 28.4 Å². The highest BCUT2D eigenvalue weighted by atomic mass is 16.3. The van der Waals surface area contributed by atoms with Crippen molar-refractivity contribution in [2.75, 3.05) is 5.32 Å². The lowest BCUT2D eigenvalue weighted by Gasteiger charge is -2.10. The number of benzene rings is 2. The fraction of sp³-hybridized carbons (Fsp3) is 0.167. The van der Waals surface area contributed by atoms with E-state index in [9.17, 15) is 9.70 Å². The summed E-state index contributed by atoms with van der Waals surface area (Å²) in [6.45, 7) is 2.05. The first-order valence-corrected chi connectivity index (χ1v) is 7.25. The van der Waals surface area contributed by atoms with Gasteiger partial charge in [0.2, 0.25) is 5.91 Å². The standard InChI is InChI=1S/C18H14N2O2/c1-10-2-3-11-7-14-15(13(11)6-10)9-18(21)19-17-5-4-12(20-22)8-16(14)17/h2-6,8H,7,9H2,1H3,(H,19,21). The van der Waals surface area contributed by atoms with Gasteiger partial charge in [0.1, 0.15) is 5.69 Å². The second-order valence-electron chi connectivity index (χ2n) is 5.84. The molecule has 2 aliphatic rings. The van der Waals surface area contributed by atoms with Gasteiger partial charge in [-0.25, -0.2) is 0 Å². The molecule has 4 nitrogen and oxygen atoms in total. The third-order valence-electron chi connectivity index (χ3n) is 4.37. The molecule has 0 unspecified atom stereocenters. The molecule has 1 N–H and O–H groups in total. The van der Waals surface area contributed by atoms with Crippen LogP contribution in [0, 0.1) is 11.8 Å². The van der Waals surface area contributed by atoms with Crippen LogP contribution in [0.25, 0.3) is 11.1 Å². The van der Waals surface area contributed by atoms with E-state index in [4.69, 9.17) is 0 Å². The number of fused-ring (bicyclic) bond motifs is 4. The Kier molecular flexibility index (Phi) is 2.73. The first-order valence-electron chi connectivity index (χ1n) is 7.25. The summed E-state index contributed by atoms with van der Waals surface area (Å²) in [5.41, 5.74) is 7.81. The minimum atomic E-state index is -0.0209. The van der Waals surface area contributed by atoms with Gasteiger partial charge in [0, 0.05) is 11.3 Å². The topological polar surface area (TPSA) is 58.5 Å². The normalized spacial score (nSPS) is 15.6. The Labute approximate surface area is 127 Å². The molecule has 2 aromatic rings. The smallest absolute Gasteiger partial charge is 0.228 e. The number of aryl methyl sites for hydroxylation is 1. The monoisotopic (exact) mass is 290 g/mol. The fourth-order valence-corrected chi connectivity index (χ4v) is 3.35. The molecule has 0 bridgehead atoms. The van der Waals surface area contributed by atoms with Crippen molar-refractivity contribution in [1.82, 2.24) is 0 Å². The summed E-state index contributed by atoms with van der Waals surface area (Å²) in [6.07, 6.45) is 1.15. The van der Waals surface area contributed by atoms with Crippen molar-refractivity contribution in [3.63, 3.8) is 0 Å². The molecule has 1 heterocycles. The number of carbonyl (C=O) groups is 1. The van der Waals surface area contributed by atoms with Gasteiger partial charge in [-0.2, -0.15) is 0 Å². The minimum absolute atomic E-state index is 0.0209. The van der Waals surface area contributed by atoms with E-state index in [1.807, 2.05) is 0 Å². The van der Waals surface area contributed by atoms with Crippen LogP contribution < -0.4 is 5.32 Å². The Morgan fingerprint density at radius 3 is 2.64 bits per heavy atom. The first-order chi connectivity index (χ1) is 10.7. The first kappa shape index (κ1) is 13.0. The summed E-state index contributed by atoms with van der Waals surface area (Å²) in [5, 5.41) is 5.94. The molecule has 1 aliphatic carbocycles. The van der Waals surface area contributed by atoms with E-state index in [0.29, 0.717) is 12.1 Å². The SMILES string of the molecule is Cc1ccc2c(c1)C1=C(C2)c2cc(N=O)ccc2NC(=O)C1. The summed E-state index contributed by atoms with van der Waals surface area (Å²) < 4.78 is 0. The van der Waals surface area contributed by atoms with E-state index >= 15 is 0 Å². The van der Waals surface area contributed by atoms with Gasteiger partial charge in [-0.05, 0) is 59.0 Å². The predicted molar refractivity (Wildman–Crippen MR) is 86.8 cm³/mol. The summed E-state index contributed by atoms with van der Waals surface area (Å²) in [6, 6.07) is 11.5. The Hall–Kier alpha value is -2.75. The lowest BCUT2D eigenvalue weighted by molar-refractivity contribution is -0.115. The summed E-state index contributed by atoms with van der Waals surface area (Å²) in [7, 11) is 0. The van der Waals surface area contributed by atoms with Gasteiger partial charge >= 0.3 is 0 Å². The van der Waals surface area contributed by atoms with Crippen LogP contribution in [0.3, 0.4) is 0 Å². The molecule has 0 aromatic heterocycles. The average molecular weight is 290 g/mol. The maximum atomic E-state index is 12.2. The number of anilines is 1. The zero-order valence-electron chi connectivity index (χ0n) is 12.1. The highest BCUT2D eigenvalue weighted by molar-refractivity contribution is 6.12. The highest BCUT2D eigenvalue weighted by Crippen LogP contribution is 2.45. The number of nitrogens with one attached hydrogen (secondary N) is 1. The second kappa shape index (κ2) is 4.63. The van der Waals surface area contributed by atoms with Gasteiger partial charge in [-0.15, -0.1) is 4.91 Å². The third-order valence-corrected chi connectivity index (χ3v) is 4.37. The van der Waals surface area contributed by atoms with Crippen molar-refractivity contribution in [3.8, 4) is 0 Å². The number of hydrogen-bond acceptors (Lipinski definition) is 3. The van der Waals surface area contributed by atoms with E-state index in [2.05, 4.69) is 35.6 Å². The molecular weight excluding hydrogens is 276 g/mol. The van der Waals surface area contributed by atoms with Gasteiger partial charge in [-0.3, -0.25) is 4.79 Å². The highest BCUT2D eigenvalue weighted by Gasteiger charge is 2.28. The number of rotatable bonds is 1. The van der Waals surface area contributed by atoms with Crippen molar-refractivity contribution in [2.24, 2.45) is 5.18 Å². The molecule has 1 aliphatic heterocycles. The molecule has 4 rings (SSSR count). The summed E-state index contributed by atoms with van der Waals surface area (Å²) >= 11 is 0. The van der Waals surface area contributed by atoms with Gasteiger partial charge in [0.25, 0.3) is 0 Å². The predicted octanol–water partition coefficient (Wildman–Crippen LogP) is 4.20. The Morgan fingerprint density at radius 2 is 1.82 bits per heavy atom. The summed E-state index contributed by atoms with van der Waals surface area (Å²) in [5.74, 6) is -0.0209. The molecule has 4 heteroatoms. The maximum Gasteiger partial charge on any atom is 0.228 e. The molecule has 1 amide bonds. The molecule has 0 atom stereocenters. The molecule has 0 spiro atoms. The third kappa shape index (κ3) is 1.88. The Balaban J connectivity index is 1.96. The zero-order chi connectivity index (χ0) is 15.3. The van der Waals surface area contributed by atoms with Gasteiger partial charge in [-0.1, -0.05) is 23.8 Å². The molecule has 0 radical (unpaired) electrons. The van der Waals surface area contributed by atoms with E-state index in [1.165, 1.54) is 11.1 Å². The lowest BCUT2D eigenvalue weighted by Crippen LogP contribution is -2.10. The number of carbonyl (C=O) groups excluding carboxylic acids is 1. The minimum Gasteiger partial charge on any atom is -0.325 e. The van der Waals surface area contributed by atoms with E-state index in [-0.39, 0.29) is 5.91 Å². The second-order valence-corrected chi connectivity index (χ2v) is 5.84. The van der Waals surface area contributed by atoms with Crippen LogP contribution in [-0.4, -0.2) is 5.91 Å². The van der Waals surface area contributed by atoms with Gasteiger partial charge < -0.3 is 5.32 Å². The van der Waals surface area contributed by atoms with Crippen LogP contribution in [0.15, 0.2) is 41.6 Å². The fourth-order valence-electron chi connectivity index (χ4n) is 3.35. The Bertz CT molecular complexity index is 865. The van der Waals surface area contributed by atoms with Crippen molar-refractivity contribution < 1.29 is 4.79 Å². The van der Waals surface area contributed by atoms with Crippen molar-refractivity contribution in [2.45, 2.75) is 19.8 Å². The van der Waals surface area contributed by atoms with Gasteiger partial charge in [0.05, 0.1) is 6.42 Å². The molecule has 2 aromatic carbocycles. The van der Waals surface area contributed by atoms with E-state index in [1.54, 1.807) is 18.2 Å². The largest absolute Gasteiger partial charge is 0.325 e. The molecule has 22 heavy (non-hydrogen) atoms. The lowest BCUT2D eigenvalue weighted by atomic mass is 9.97. The molecular formula is C18H14N2O2. The quantitative estimate of drug-likeness (QED) is 0.800. The molecule has 0 saturated heterocycles. The van der Waals surface area contributed by atoms with Crippen molar-refractivity contribution in [3.05, 3.63) is 63.6 Å². The average Bonchev–Trinajstić information content (AvgIpc) is 2.78. The number of nitroso groups, excluding NO2 is 1. The van der Waals surface area contributed by atoms with Crippen LogP contribution in [0.5, 0.6) is 0 Å². The van der Waals surface area contributed by atoms with E-state index in [0.717, 1.165) is 34.4 Å². The van der Waals surface area contributed by atoms with Crippen molar-refractivity contribution in [1.29, 1.82) is 0 Å². The van der Waals surface area contributed by atoms with Gasteiger partial charge in [0.15, 0.2) is 0 Å². The Morgan fingerprint density at radius 1 is 1.00 bits per heavy atom. The summed E-state index contributed by atoms with van der Waals surface area (Å²) in [4.78, 5) is 23.1. The van der Waals surface area contributed by atoms with Crippen LogP contribution >= 0.6 is 0 Å². The number of amides is 1. The molecule has 0 fully saturated rings. The number of hydrogen-bond donors (Lipinski definition) is 1. The molecule has 0 saturated carbocycles. The van der Waals surface area contributed by atoms with Crippen LogP contribution in [-0.2, 0) is 11.2 Å². The van der Waals surface area contributed by atoms with Crippen LogP contribution in [0.2, 0.25) is 0 Å². The maximum absolute atomic E-state index is 12.2. The number of nitrogens with zero attached hydrogens (tertiary/aromatic N) is 1. The van der Waals surface area contributed by atoms with Crippen LogP contribution in [0.1, 0.15) is 28.7 Å². The number of allylic oxidation sites excluding steroid dienone is 1.